The maximum absolute atomic E-state index is 12.2. The van der Waals surface area contributed by atoms with Crippen molar-refractivity contribution in [3.63, 3.8) is 0 Å². The van der Waals surface area contributed by atoms with Gasteiger partial charge in [0.25, 0.3) is 0 Å². The summed E-state index contributed by atoms with van der Waals surface area (Å²) in [6.45, 7) is 6.91. The molecule has 4 heteroatoms. The highest BCUT2D eigenvalue weighted by Gasteiger charge is 2.44. The van der Waals surface area contributed by atoms with Gasteiger partial charge >= 0.3 is 0 Å². The Kier molecular flexibility index (Phi) is 5.17. The fraction of sp³-hybridized carbons (Fsp3) is 0.857. The highest BCUT2D eigenvalue weighted by atomic mass is 16.2. The first-order chi connectivity index (χ1) is 8.49. The summed E-state index contributed by atoms with van der Waals surface area (Å²) in [7, 11) is 0. The number of likely N-dealkylation sites (tertiary alicyclic amines) is 1. The molecule has 0 aliphatic carbocycles. The number of rotatable bonds is 7. The molecule has 0 aromatic carbocycles. The van der Waals surface area contributed by atoms with Crippen molar-refractivity contribution in [1.29, 1.82) is 0 Å². The molecule has 1 saturated heterocycles. The van der Waals surface area contributed by atoms with Gasteiger partial charge in [-0.1, -0.05) is 33.6 Å². The Labute approximate surface area is 110 Å². The molecule has 1 aliphatic rings. The summed E-state index contributed by atoms with van der Waals surface area (Å²) >= 11 is 0. The summed E-state index contributed by atoms with van der Waals surface area (Å²) in [4.78, 5) is 25.3. The summed E-state index contributed by atoms with van der Waals surface area (Å²) in [6, 6.07) is -0.423. The first-order valence-electron chi connectivity index (χ1n) is 7.08. The third-order valence-electron chi connectivity index (χ3n) is 4.00. The van der Waals surface area contributed by atoms with Gasteiger partial charge in [-0.3, -0.25) is 9.59 Å². The number of carbonyl (C=O) groups excluding carboxylic acids is 2. The average Bonchev–Trinajstić information content (AvgIpc) is 2.57. The van der Waals surface area contributed by atoms with Crippen LogP contribution in [-0.2, 0) is 9.59 Å². The Hall–Kier alpha value is -1.06. The van der Waals surface area contributed by atoms with E-state index in [4.69, 9.17) is 5.73 Å². The Morgan fingerprint density at radius 3 is 2.28 bits per heavy atom. The zero-order valence-electron chi connectivity index (χ0n) is 11.9. The normalized spacial score (nSPS) is 20.2. The quantitative estimate of drug-likeness (QED) is 0.756. The lowest BCUT2D eigenvalue weighted by Crippen LogP contribution is -2.45. The van der Waals surface area contributed by atoms with E-state index in [-0.39, 0.29) is 17.2 Å². The summed E-state index contributed by atoms with van der Waals surface area (Å²) in [5.41, 5.74) is 5.47. The Bertz CT molecular complexity index is 309. The molecule has 4 nitrogen and oxygen atoms in total. The Balaban J connectivity index is 2.86. The fourth-order valence-corrected chi connectivity index (χ4v) is 3.31. The van der Waals surface area contributed by atoms with E-state index in [1.54, 1.807) is 4.90 Å². The van der Waals surface area contributed by atoms with Crippen molar-refractivity contribution >= 4 is 11.8 Å². The van der Waals surface area contributed by atoms with Crippen LogP contribution in [0.2, 0.25) is 0 Å². The van der Waals surface area contributed by atoms with E-state index in [0.717, 1.165) is 25.7 Å². The van der Waals surface area contributed by atoms with Gasteiger partial charge < -0.3 is 10.6 Å². The van der Waals surface area contributed by atoms with Gasteiger partial charge in [-0.25, -0.2) is 0 Å². The maximum Gasteiger partial charge on any atom is 0.240 e. The lowest BCUT2D eigenvalue weighted by Gasteiger charge is -2.30. The fourth-order valence-electron chi connectivity index (χ4n) is 3.31. The number of hydrogen-bond acceptors (Lipinski definition) is 2. The van der Waals surface area contributed by atoms with Crippen LogP contribution in [-0.4, -0.2) is 29.3 Å². The van der Waals surface area contributed by atoms with Gasteiger partial charge in [-0.05, 0) is 24.7 Å². The van der Waals surface area contributed by atoms with Gasteiger partial charge in [0.2, 0.25) is 11.8 Å². The Morgan fingerprint density at radius 2 is 1.89 bits per heavy atom. The molecule has 104 valence electrons. The highest BCUT2D eigenvalue weighted by Crippen LogP contribution is 2.41. The topological polar surface area (TPSA) is 63.4 Å². The van der Waals surface area contributed by atoms with Crippen LogP contribution in [0.1, 0.15) is 59.3 Å². The standard InChI is InChI=1S/C14H26N2O2/c1-4-7-14(8-5-2)9-12(17)16(10-14)11(6-3)13(15)18/h11H,4-10H2,1-3H3,(H2,15,18)/t11-/m1/s1. The molecular formula is C14H26N2O2. The predicted octanol–water partition coefficient (Wildman–Crippen LogP) is 2.07. The minimum atomic E-state index is -0.423. The van der Waals surface area contributed by atoms with Gasteiger partial charge in [0.15, 0.2) is 0 Å². The van der Waals surface area contributed by atoms with E-state index in [1.807, 2.05) is 6.92 Å². The molecular weight excluding hydrogens is 228 g/mol. The number of carbonyl (C=O) groups is 2. The monoisotopic (exact) mass is 254 g/mol. The van der Waals surface area contributed by atoms with Crippen LogP contribution >= 0.6 is 0 Å². The molecule has 1 aliphatic heterocycles. The summed E-state index contributed by atoms with van der Waals surface area (Å²) < 4.78 is 0. The van der Waals surface area contributed by atoms with Crippen LogP contribution in [0.3, 0.4) is 0 Å². The van der Waals surface area contributed by atoms with E-state index >= 15 is 0 Å². The molecule has 1 heterocycles. The van der Waals surface area contributed by atoms with Gasteiger partial charge in [0, 0.05) is 13.0 Å². The second-order valence-electron chi connectivity index (χ2n) is 5.52. The number of nitrogens with zero attached hydrogens (tertiary/aromatic N) is 1. The minimum absolute atomic E-state index is 0.0729. The highest BCUT2D eigenvalue weighted by molar-refractivity contribution is 5.88. The first-order valence-corrected chi connectivity index (χ1v) is 7.08. The van der Waals surface area contributed by atoms with Crippen molar-refractivity contribution in [3.05, 3.63) is 0 Å². The molecule has 1 rings (SSSR count). The van der Waals surface area contributed by atoms with Gasteiger partial charge in [-0.15, -0.1) is 0 Å². The predicted molar refractivity (Wildman–Crippen MR) is 71.9 cm³/mol. The Morgan fingerprint density at radius 1 is 1.33 bits per heavy atom. The zero-order chi connectivity index (χ0) is 13.8. The molecule has 2 amide bonds. The molecule has 0 radical (unpaired) electrons. The molecule has 0 bridgehead atoms. The SMILES string of the molecule is CCCC1(CCC)CC(=O)N([C@H](CC)C(N)=O)C1. The molecule has 0 aromatic heterocycles. The summed E-state index contributed by atoms with van der Waals surface area (Å²) in [6.07, 6.45) is 5.45. The maximum atomic E-state index is 12.2. The van der Waals surface area contributed by atoms with E-state index in [1.165, 1.54) is 0 Å². The largest absolute Gasteiger partial charge is 0.368 e. The molecule has 0 saturated carbocycles. The smallest absolute Gasteiger partial charge is 0.240 e. The summed E-state index contributed by atoms with van der Waals surface area (Å²) in [5, 5.41) is 0. The second-order valence-corrected chi connectivity index (χ2v) is 5.52. The van der Waals surface area contributed by atoms with Crippen LogP contribution in [0.15, 0.2) is 0 Å². The van der Waals surface area contributed by atoms with Crippen LogP contribution in [0.4, 0.5) is 0 Å². The third-order valence-corrected chi connectivity index (χ3v) is 4.00. The van der Waals surface area contributed by atoms with Crippen LogP contribution < -0.4 is 5.73 Å². The van der Waals surface area contributed by atoms with E-state index in [2.05, 4.69) is 13.8 Å². The molecule has 1 fully saturated rings. The van der Waals surface area contributed by atoms with Crippen molar-refractivity contribution in [2.24, 2.45) is 11.1 Å². The lowest BCUT2D eigenvalue weighted by atomic mass is 9.78. The molecule has 2 N–H and O–H groups in total. The van der Waals surface area contributed by atoms with E-state index in [9.17, 15) is 9.59 Å². The number of primary amides is 1. The number of nitrogens with two attached hydrogens (primary N) is 1. The van der Waals surface area contributed by atoms with Crippen molar-refractivity contribution in [2.75, 3.05) is 6.54 Å². The summed E-state index contributed by atoms with van der Waals surface area (Å²) in [5.74, 6) is -0.280. The molecule has 1 atom stereocenters. The van der Waals surface area contributed by atoms with Crippen molar-refractivity contribution in [1.82, 2.24) is 4.90 Å². The van der Waals surface area contributed by atoms with E-state index < -0.39 is 6.04 Å². The van der Waals surface area contributed by atoms with Crippen LogP contribution in [0.25, 0.3) is 0 Å². The lowest BCUT2D eigenvalue weighted by molar-refractivity contribution is -0.136. The molecule has 0 spiro atoms. The van der Waals surface area contributed by atoms with E-state index in [0.29, 0.717) is 19.4 Å². The van der Waals surface area contributed by atoms with Crippen LogP contribution in [0.5, 0.6) is 0 Å². The third kappa shape index (κ3) is 3.03. The van der Waals surface area contributed by atoms with Crippen LogP contribution in [0, 0.1) is 5.41 Å². The van der Waals surface area contributed by atoms with Gasteiger partial charge in [0.05, 0.1) is 0 Å². The molecule has 0 unspecified atom stereocenters. The van der Waals surface area contributed by atoms with Gasteiger partial charge in [0.1, 0.15) is 6.04 Å². The molecule has 0 aromatic rings. The number of amides is 2. The van der Waals surface area contributed by atoms with Gasteiger partial charge in [-0.2, -0.15) is 0 Å². The zero-order valence-corrected chi connectivity index (χ0v) is 11.9. The minimum Gasteiger partial charge on any atom is -0.368 e. The second kappa shape index (κ2) is 6.21. The molecule has 18 heavy (non-hydrogen) atoms. The van der Waals surface area contributed by atoms with Crippen molar-refractivity contribution in [2.45, 2.75) is 65.3 Å². The average molecular weight is 254 g/mol. The number of hydrogen-bond donors (Lipinski definition) is 1. The van der Waals surface area contributed by atoms with Crippen molar-refractivity contribution < 1.29 is 9.59 Å². The first kappa shape index (κ1) is 15.0. The van der Waals surface area contributed by atoms with Crippen molar-refractivity contribution in [3.8, 4) is 0 Å².